The number of carbonyl (C=O) groups excluding carboxylic acids is 1. The Morgan fingerprint density at radius 3 is 2.44 bits per heavy atom. The Morgan fingerprint density at radius 2 is 1.68 bits per heavy atom. The largest absolute Gasteiger partial charge is 0.484 e. The maximum atomic E-state index is 12.6. The highest BCUT2D eigenvalue weighted by atomic mass is 16.5. The minimum atomic E-state index is -0.0800. The highest BCUT2D eigenvalue weighted by molar-refractivity contribution is 5.79. The second kappa shape index (κ2) is 9.89. The van der Waals surface area contributed by atoms with Gasteiger partial charge < -0.3 is 14.1 Å². The number of aromatic nitrogens is 1. The molecule has 0 saturated carbocycles. The average Bonchev–Trinajstić information content (AvgIpc) is 2.88. The van der Waals surface area contributed by atoms with Gasteiger partial charge in [0.1, 0.15) is 17.1 Å². The molecule has 1 amide bonds. The van der Waals surface area contributed by atoms with Crippen LogP contribution < -0.4 is 10.2 Å². The fraction of sp³-hybridized carbons (Fsp3) is 0.222. The van der Waals surface area contributed by atoms with E-state index in [9.17, 15) is 9.59 Å². The predicted molar refractivity (Wildman–Crippen MR) is 130 cm³/mol. The van der Waals surface area contributed by atoms with Crippen molar-refractivity contribution in [1.29, 1.82) is 0 Å². The zero-order chi connectivity index (χ0) is 23.3. The number of nitrogens with zero attached hydrogens (tertiary/aromatic N) is 3. The molecule has 4 aromatic rings. The molecule has 0 aliphatic carbocycles. The maximum Gasteiger partial charge on any atom is 0.260 e. The third-order valence-electron chi connectivity index (χ3n) is 6.02. The first-order chi connectivity index (χ1) is 16.7. The zero-order valence-electron chi connectivity index (χ0n) is 18.7. The third kappa shape index (κ3) is 5.00. The van der Waals surface area contributed by atoms with Gasteiger partial charge in [-0.25, -0.2) is 0 Å². The molecule has 0 bridgehead atoms. The molecule has 5 rings (SSSR count). The number of carbonyl (C=O) groups is 1. The molecule has 0 N–H and O–H groups in total. The van der Waals surface area contributed by atoms with Gasteiger partial charge >= 0.3 is 0 Å². The number of benzene rings is 2. The third-order valence-corrected chi connectivity index (χ3v) is 6.02. The zero-order valence-corrected chi connectivity index (χ0v) is 18.7. The molecule has 0 unspecified atom stereocenters. The van der Waals surface area contributed by atoms with Gasteiger partial charge in [0.15, 0.2) is 12.0 Å². The SMILES string of the molecule is O=C(COc1ccc(-c2cc(=O)c3ccccc3o2)cc1)N1CCN(Cc2ccncc2)CC1. The van der Waals surface area contributed by atoms with Crippen molar-refractivity contribution in [3.8, 4) is 17.1 Å². The second-order valence-corrected chi connectivity index (χ2v) is 8.30. The van der Waals surface area contributed by atoms with E-state index in [-0.39, 0.29) is 17.9 Å². The van der Waals surface area contributed by atoms with Gasteiger partial charge in [-0.15, -0.1) is 0 Å². The van der Waals surface area contributed by atoms with Crippen molar-refractivity contribution >= 4 is 16.9 Å². The van der Waals surface area contributed by atoms with Crippen LogP contribution in [0.4, 0.5) is 0 Å². The van der Waals surface area contributed by atoms with Crippen LogP contribution in [0, 0.1) is 0 Å². The minimum absolute atomic E-state index is 0.00520. The molecule has 34 heavy (non-hydrogen) atoms. The molecule has 0 atom stereocenters. The lowest BCUT2D eigenvalue weighted by atomic mass is 10.1. The van der Waals surface area contributed by atoms with E-state index in [0.717, 1.165) is 25.2 Å². The topological polar surface area (TPSA) is 75.9 Å². The van der Waals surface area contributed by atoms with Gasteiger partial charge in [-0.1, -0.05) is 12.1 Å². The van der Waals surface area contributed by atoms with Gasteiger partial charge in [-0.05, 0) is 54.1 Å². The summed E-state index contributed by atoms with van der Waals surface area (Å²) in [6.45, 7) is 3.90. The molecular weight excluding hydrogens is 430 g/mol. The molecule has 7 nitrogen and oxygen atoms in total. The van der Waals surface area contributed by atoms with Crippen LogP contribution in [0.5, 0.6) is 5.75 Å². The van der Waals surface area contributed by atoms with Crippen LogP contribution in [0.15, 0.2) is 88.3 Å². The highest BCUT2D eigenvalue weighted by Gasteiger charge is 2.21. The Kier molecular flexibility index (Phi) is 6.35. The smallest absolute Gasteiger partial charge is 0.260 e. The summed E-state index contributed by atoms with van der Waals surface area (Å²) < 4.78 is 11.6. The van der Waals surface area contributed by atoms with Crippen molar-refractivity contribution < 1.29 is 13.9 Å². The van der Waals surface area contributed by atoms with E-state index in [1.54, 1.807) is 36.7 Å². The standard InChI is InChI=1S/C27H25N3O4/c31-24-17-26(34-25-4-2-1-3-23(24)25)21-5-7-22(8-6-21)33-19-27(32)30-15-13-29(14-16-30)18-20-9-11-28-12-10-20/h1-12,17H,13-16,18-19H2. The van der Waals surface area contributed by atoms with Crippen molar-refractivity contribution in [2.24, 2.45) is 0 Å². The summed E-state index contributed by atoms with van der Waals surface area (Å²) in [5, 5.41) is 0.558. The van der Waals surface area contributed by atoms with Crippen molar-refractivity contribution in [3.05, 3.63) is 94.9 Å². The Bertz CT molecular complexity index is 1330. The number of pyridine rings is 1. The maximum absolute atomic E-state index is 12.6. The lowest BCUT2D eigenvalue weighted by Gasteiger charge is -2.34. The Morgan fingerprint density at radius 1 is 0.941 bits per heavy atom. The van der Waals surface area contributed by atoms with Crippen LogP contribution >= 0.6 is 0 Å². The fourth-order valence-electron chi connectivity index (χ4n) is 4.10. The molecule has 0 spiro atoms. The first-order valence-electron chi connectivity index (χ1n) is 11.3. The van der Waals surface area contributed by atoms with Gasteiger partial charge in [0, 0.05) is 56.7 Å². The van der Waals surface area contributed by atoms with Crippen LogP contribution in [0.2, 0.25) is 0 Å². The first-order valence-corrected chi connectivity index (χ1v) is 11.3. The van der Waals surface area contributed by atoms with Crippen LogP contribution in [0.1, 0.15) is 5.56 Å². The Hall–Kier alpha value is -3.97. The molecule has 7 heteroatoms. The lowest BCUT2D eigenvalue weighted by molar-refractivity contribution is -0.135. The van der Waals surface area contributed by atoms with Crippen LogP contribution in [0.25, 0.3) is 22.3 Å². The summed E-state index contributed by atoms with van der Waals surface area (Å²) in [5.74, 6) is 1.07. The summed E-state index contributed by atoms with van der Waals surface area (Å²) in [6.07, 6.45) is 3.60. The van der Waals surface area contributed by atoms with Gasteiger partial charge in [-0.3, -0.25) is 19.5 Å². The number of fused-ring (bicyclic) bond motifs is 1. The molecule has 1 fully saturated rings. The number of hydrogen-bond donors (Lipinski definition) is 0. The summed E-state index contributed by atoms with van der Waals surface area (Å²) in [5.41, 5.74) is 2.47. The molecule has 0 radical (unpaired) electrons. The predicted octanol–water partition coefficient (Wildman–Crippen LogP) is 3.58. The Balaban J connectivity index is 1.14. The minimum Gasteiger partial charge on any atom is -0.484 e. The average molecular weight is 456 g/mol. The van der Waals surface area contributed by atoms with Crippen LogP contribution in [0.3, 0.4) is 0 Å². The molecule has 172 valence electrons. The lowest BCUT2D eigenvalue weighted by Crippen LogP contribution is -2.49. The number of piperazine rings is 1. The number of para-hydroxylation sites is 1. The molecule has 1 aliphatic heterocycles. The summed E-state index contributed by atoms with van der Waals surface area (Å²) in [6, 6.07) is 19.9. The van der Waals surface area contributed by atoms with Gasteiger partial charge in [0.2, 0.25) is 0 Å². The normalized spacial score (nSPS) is 14.3. The van der Waals surface area contributed by atoms with E-state index in [2.05, 4.69) is 9.88 Å². The van der Waals surface area contributed by atoms with E-state index in [1.165, 1.54) is 11.6 Å². The van der Waals surface area contributed by atoms with E-state index in [4.69, 9.17) is 9.15 Å². The summed E-state index contributed by atoms with van der Waals surface area (Å²) in [4.78, 5) is 33.2. The number of rotatable bonds is 6. The van der Waals surface area contributed by atoms with E-state index >= 15 is 0 Å². The molecular formula is C27H25N3O4. The molecule has 1 saturated heterocycles. The molecule has 3 heterocycles. The molecule has 2 aromatic heterocycles. The van der Waals surface area contributed by atoms with Gasteiger partial charge in [0.05, 0.1) is 5.39 Å². The summed E-state index contributed by atoms with van der Waals surface area (Å²) in [7, 11) is 0. The first kappa shape index (κ1) is 21.9. The van der Waals surface area contributed by atoms with E-state index < -0.39 is 0 Å². The van der Waals surface area contributed by atoms with Gasteiger partial charge in [-0.2, -0.15) is 0 Å². The van der Waals surface area contributed by atoms with E-state index in [0.29, 0.717) is 35.6 Å². The second-order valence-electron chi connectivity index (χ2n) is 8.30. The van der Waals surface area contributed by atoms with Crippen molar-refractivity contribution in [3.63, 3.8) is 0 Å². The molecule has 1 aliphatic rings. The van der Waals surface area contributed by atoms with Crippen LogP contribution in [-0.2, 0) is 11.3 Å². The van der Waals surface area contributed by atoms with Crippen molar-refractivity contribution in [1.82, 2.24) is 14.8 Å². The fourth-order valence-corrected chi connectivity index (χ4v) is 4.10. The quantitative estimate of drug-likeness (QED) is 0.442. The van der Waals surface area contributed by atoms with Crippen molar-refractivity contribution in [2.45, 2.75) is 6.54 Å². The van der Waals surface area contributed by atoms with Gasteiger partial charge in [0.25, 0.3) is 5.91 Å². The number of amides is 1. The van der Waals surface area contributed by atoms with E-state index in [1.807, 2.05) is 41.3 Å². The number of ether oxygens (including phenoxy) is 1. The summed E-state index contributed by atoms with van der Waals surface area (Å²) >= 11 is 0. The number of hydrogen-bond acceptors (Lipinski definition) is 6. The monoisotopic (exact) mass is 455 g/mol. The van der Waals surface area contributed by atoms with Crippen molar-refractivity contribution in [2.75, 3.05) is 32.8 Å². The van der Waals surface area contributed by atoms with Crippen LogP contribution in [-0.4, -0.2) is 53.5 Å². The molecule has 2 aromatic carbocycles. The highest BCUT2D eigenvalue weighted by Crippen LogP contribution is 2.24. The Labute approximate surface area is 197 Å².